The summed E-state index contributed by atoms with van der Waals surface area (Å²) < 4.78 is 4.97. The summed E-state index contributed by atoms with van der Waals surface area (Å²) in [5.41, 5.74) is 9.95. The molecule has 0 saturated carbocycles. The first-order valence-electron chi connectivity index (χ1n) is 3.99. The van der Waals surface area contributed by atoms with Crippen molar-refractivity contribution in [3.63, 3.8) is 0 Å². The van der Waals surface area contributed by atoms with Gasteiger partial charge in [-0.1, -0.05) is 0 Å². The maximum absolute atomic E-state index is 9.40. The van der Waals surface area contributed by atoms with Crippen LogP contribution in [0.4, 0.5) is 0 Å². The van der Waals surface area contributed by atoms with Gasteiger partial charge in [-0.3, -0.25) is 5.43 Å². The second-order valence-corrected chi connectivity index (χ2v) is 3.38. The number of nitrogens with one attached hydrogen (secondary N) is 2. The monoisotopic (exact) mass is 223 g/mol. The lowest BCUT2D eigenvalue weighted by Crippen LogP contribution is -2.61. The Balaban J connectivity index is 2.42. The molecule has 8 heteroatoms. The molecule has 7 nitrogen and oxygen atoms in total. The van der Waals surface area contributed by atoms with Crippen LogP contribution in [0.2, 0.25) is 0 Å². The van der Waals surface area contributed by atoms with Gasteiger partial charge >= 0.3 is 0 Å². The van der Waals surface area contributed by atoms with Crippen LogP contribution in [0.15, 0.2) is 0 Å². The van der Waals surface area contributed by atoms with Crippen molar-refractivity contribution < 1.29 is 20.1 Å². The van der Waals surface area contributed by atoms with Crippen LogP contribution in [-0.2, 0) is 4.74 Å². The van der Waals surface area contributed by atoms with Crippen LogP contribution >= 0.6 is 12.2 Å². The highest BCUT2D eigenvalue weighted by molar-refractivity contribution is 7.80. The fourth-order valence-electron chi connectivity index (χ4n) is 1.08. The minimum atomic E-state index is -1.26. The van der Waals surface area contributed by atoms with Gasteiger partial charge in [0.2, 0.25) is 0 Å². The van der Waals surface area contributed by atoms with Crippen LogP contribution in [0.3, 0.4) is 0 Å². The molecule has 0 radical (unpaired) electrons. The van der Waals surface area contributed by atoms with Crippen molar-refractivity contribution in [2.24, 2.45) is 5.73 Å². The smallest absolute Gasteiger partial charge is 0.178 e. The molecule has 1 rings (SSSR count). The summed E-state index contributed by atoms with van der Waals surface area (Å²) in [6.45, 7) is -0.0745. The molecule has 1 heterocycles. The molecule has 0 aromatic carbocycles. The largest absolute Gasteiger partial charge is 0.388 e. The average molecular weight is 223 g/mol. The average Bonchev–Trinajstić information content (AvgIpc) is 2.13. The molecular weight excluding hydrogens is 210 g/mol. The number of nitrogens with two attached hydrogens (primary N) is 1. The van der Waals surface area contributed by atoms with Gasteiger partial charge in [-0.05, 0) is 12.2 Å². The van der Waals surface area contributed by atoms with Crippen molar-refractivity contribution in [2.75, 3.05) is 6.61 Å². The molecule has 4 atom stereocenters. The fourth-order valence-corrected chi connectivity index (χ4v) is 1.13. The van der Waals surface area contributed by atoms with E-state index in [0.717, 1.165) is 0 Å². The Bertz CT molecular complexity index is 217. The topological polar surface area (TPSA) is 120 Å². The normalized spacial score (nSPS) is 37.9. The van der Waals surface area contributed by atoms with E-state index in [4.69, 9.17) is 15.6 Å². The van der Waals surface area contributed by atoms with Crippen molar-refractivity contribution in [3.05, 3.63) is 0 Å². The van der Waals surface area contributed by atoms with E-state index < -0.39 is 24.5 Å². The maximum Gasteiger partial charge on any atom is 0.178 e. The fraction of sp³-hybridized carbons (Fsp3) is 0.833. The van der Waals surface area contributed by atoms with E-state index >= 15 is 0 Å². The lowest BCUT2D eigenvalue weighted by atomic mass is 10.1. The Kier molecular flexibility index (Phi) is 3.98. The minimum Gasteiger partial charge on any atom is -0.388 e. The summed E-state index contributed by atoms with van der Waals surface area (Å²) in [7, 11) is 0. The molecule has 0 aliphatic carbocycles. The van der Waals surface area contributed by atoms with Crippen molar-refractivity contribution in [1.29, 1.82) is 0 Å². The number of hydrogen-bond donors (Lipinski definition) is 6. The van der Waals surface area contributed by atoms with Gasteiger partial charge in [-0.25, -0.2) is 5.43 Å². The Morgan fingerprint density at radius 2 is 2.00 bits per heavy atom. The Labute approximate surface area is 85.8 Å². The van der Waals surface area contributed by atoms with E-state index in [0.29, 0.717) is 0 Å². The molecule has 0 aromatic heterocycles. The second kappa shape index (κ2) is 4.82. The van der Waals surface area contributed by atoms with Crippen LogP contribution in [-0.4, -0.2) is 51.6 Å². The number of hydrogen-bond acceptors (Lipinski definition) is 6. The third-order valence-electron chi connectivity index (χ3n) is 1.84. The Morgan fingerprint density at radius 3 is 2.57 bits per heavy atom. The molecular formula is C6H13N3O4S. The molecule has 7 N–H and O–H groups in total. The third kappa shape index (κ3) is 2.74. The van der Waals surface area contributed by atoms with Crippen LogP contribution < -0.4 is 16.6 Å². The van der Waals surface area contributed by atoms with Gasteiger partial charge in [0.15, 0.2) is 11.3 Å². The summed E-state index contributed by atoms with van der Waals surface area (Å²) in [5, 5.41) is 27.8. The summed E-state index contributed by atoms with van der Waals surface area (Å²) in [5.74, 6) is 0. The highest BCUT2D eigenvalue weighted by Gasteiger charge is 2.37. The van der Waals surface area contributed by atoms with Gasteiger partial charge in [0.25, 0.3) is 0 Å². The van der Waals surface area contributed by atoms with Crippen molar-refractivity contribution in [3.8, 4) is 0 Å². The number of ether oxygens (including phenoxy) is 1. The quantitative estimate of drug-likeness (QED) is 0.213. The molecule has 1 saturated heterocycles. The van der Waals surface area contributed by atoms with Crippen molar-refractivity contribution in [2.45, 2.75) is 24.5 Å². The van der Waals surface area contributed by atoms with E-state index in [1.165, 1.54) is 0 Å². The zero-order chi connectivity index (χ0) is 10.7. The zero-order valence-electron chi connectivity index (χ0n) is 7.25. The van der Waals surface area contributed by atoms with E-state index in [9.17, 15) is 10.2 Å². The molecule has 0 amide bonds. The van der Waals surface area contributed by atoms with E-state index in [2.05, 4.69) is 23.1 Å². The predicted molar refractivity (Wildman–Crippen MR) is 50.8 cm³/mol. The molecule has 0 spiro atoms. The summed E-state index contributed by atoms with van der Waals surface area (Å²) in [6.07, 6.45) is -4.46. The first-order valence-corrected chi connectivity index (χ1v) is 4.40. The highest BCUT2D eigenvalue weighted by atomic mass is 32.1. The number of thiocarbonyl (C=S) groups is 1. The van der Waals surface area contributed by atoms with Gasteiger partial charge < -0.3 is 25.8 Å². The maximum atomic E-state index is 9.40. The first kappa shape index (κ1) is 11.6. The zero-order valence-corrected chi connectivity index (χ0v) is 8.07. The number of aliphatic hydroxyl groups excluding tert-OH is 3. The minimum absolute atomic E-state index is 0.0126. The van der Waals surface area contributed by atoms with E-state index in [1.807, 2.05) is 0 Å². The summed E-state index contributed by atoms with van der Waals surface area (Å²) >= 11 is 4.51. The standard InChI is InChI=1S/C6H13N3O4S/c7-6(14)9-8-5-4(12)3(11)2(10)1-13-5/h2-5,8,10-12H,1H2,(H3,7,9,14). The molecule has 1 aliphatic heterocycles. The van der Waals surface area contributed by atoms with E-state index in [-0.39, 0.29) is 11.7 Å². The van der Waals surface area contributed by atoms with Gasteiger partial charge in [0.1, 0.15) is 18.3 Å². The van der Waals surface area contributed by atoms with Crippen molar-refractivity contribution in [1.82, 2.24) is 10.9 Å². The lowest BCUT2D eigenvalue weighted by molar-refractivity contribution is -0.196. The van der Waals surface area contributed by atoms with Crippen LogP contribution in [0.25, 0.3) is 0 Å². The molecule has 0 aromatic rings. The number of hydrazine groups is 1. The Morgan fingerprint density at radius 1 is 1.36 bits per heavy atom. The molecule has 4 unspecified atom stereocenters. The molecule has 82 valence electrons. The van der Waals surface area contributed by atoms with Crippen LogP contribution in [0, 0.1) is 0 Å². The molecule has 14 heavy (non-hydrogen) atoms. The van der Waals surface area contributed by atoms with Crippen LogP contribution in [0.1, 0.15) is 0 Å². The van der Waals surface area contributed by atoms with Crippen molar-refractivity contribution >= 4 is 17.3 Å². The van der Waals surface area contributed by atoms with Gasteiger partial charge in [-0.2, -0.15) is 0 Å². The predicted octanol–water partition coefficient (Wildman–Crippen LogP) is -3.24. The first-order chi connectivity index (χ1) is 6.52. The van der Waals surface area contributed by atoms with Crippen LogP contribution in [0.5, 0.6) is 0 Å². The second-order valence-electron chi connectivity index (χ2n) is 2.94. The van der Waals surface area contributed by atoms with E-state index in [1.54, 1.807) is 0 Å². The third-order valence-corrected chi connectivity index (χ3v) is 1.94. The molecule has 1 fully saturated rings. The van der Waals surface area contributed by atoms with Gasteiger partial charge in [-0.15, -0.1) is 0 Å². The highest BCUT2D eigenvalue weighted by Crippen LogP contribution is 2.12. The van der Waals surface area contributed by atoms with Gasteiger partial charge in [0.05, 0.1) is 6.61 Å². The summed E-state index contributed by atoms with van der Waals surface area (Å²) in [4.78, 5) is 0. The van der Waals surface area contributed by atoms with Gasteiger partial charge in [0, 0.05) is 0 Å². The molecule has 0 bridgehead atoms. The number of rotatable bonds is 2. The summed E-state index contributed by atoms with van der Waals surface area (Å²) in [6, 6.07) is 0. The Hall–Kier alpha value is -0.510. The number of aliphatic hydroxyl groups is 3. The molecule has 1 aliphatic rings. The lowest BCUT2D eigenvalue weighted by Gasteiger charge is -2.35. The SMILES string of the molecule is NC(=S)NNC1OCC(O)C(O)C1O.